The number of hydrogen-bond acceptors (Lipinski definition) is 3. The fourth-order valence-electron chi connectivity index (χ4n) is 1.66. The van der Waals surface area contributed by atoms with E-state index >= 15 is 0 Å². The molecule has 0 bridgehead atoms. The van der Waals surface area contributed by atoms with Crippen LogP contribution in [0.25, 0.3) is 0 Å². The summed E-state index contributed by atoms with van der Waals surface area (Å²) in [6.45, 7) is 2.06. The Morgan fingerprint density at radius 3 is 2.59 bits per heavy atom. The number of ether oxygens (including phenoxy) is 1. The largest absolute Gasteiger partial charge is 0.496 e. The Labute approximate surface area is 105 Å². The molecule has 1 unspecified atom stereocenters. The lowest BCUT2D eigenvalue weighted by atomic mass is 10.1. The average molecular weight is 248 g/mol. The third-order valence-electron chi connectivity index (χ3n) is 2.71. The fraction of sp³-hybridized carbons (Fsp3) is 0.286. The van der Waals surface area contributed by atoms with Crippen molar-refractivity contribution in [1.29, 1.82) is 0 Å². The third-order valence-corrected chi connectivity index (χ3v) is 3.72. The van der Waals surface area contributed by atoms with Gasteiger partial charge in [0.1, 0.15) is 5.75 Å². The summed E-state index contributed by atoms with van der Waals surface area (Å²) in [6, 6.07) is 10.1. The number of benzene rings is 1. The highest BCUT2D eigenvalue weighted by atomic mass is 32.1. The lowest BCUT2D eigenvalue weighted by molar-refractivity contribution is 0.182. The summed E-state index contributed by atoms with van der Waals surface area (Å²) in [5, 5.41) is 12.0. The van der Waals surface area contributed by atoms with Crippen LogP contribution in [0.5, 0.6) is 5.75 Å². The molecule has 1 aromatic carbocycles. The maximum absolute atomic E-state index is 10.1. The molecule has 0 radical (unpaired) electrons. The van der Waals surface area contributed by atoms with E-state index in [1.54, 1.807) is 7.11 Å². The second-order valence-electron chi connectivity index (χ2n) is 4.09. The molecule has 1 heterocycles. The van der Waals surface area contributed by atoms with Gasteiger partial charge < -0.3 is 9.84 Å². The first-order valence-electron chi connectivity index (χ1n) is 5.55. The van der Waals surface area contributed by atoms with Crippen molar-refractivity contribution in [3.05, 3.63) is 51.7 Å². The maximum Gasteiger partial charge on any atom is 0.129 e. The van der Waals surface area contributed by atoms with E-state index < -0.39 is 6.10 Å². The van der Waals surface area contributed by atoms with Gasteiger partial charge in [0.25, 0.3) is 0 Å². The van der Waals surface area contributed by atoms with Crippen molar-refractivity contribution in [2.75, 3.05) is 7.11 Å². The molecule has 0 saturated carbocycles. The summed E-state index contributed by atoms with van der Waals surface area (Å²) >= 11 is 1.53. The Hall–Kier alpha value is -1.32. The van der Waals surface area contributed by atoms with Crippen LogP contribution in [0.2, 0.25) is 0 Å². The summed E-state index contributed by atoms with van der Waals surface area (Å²) in [7, 11) is 1.64. The predicted octanol–water partition coefficient (Wildman–Crippen LogP) is 3.34. The molecule has 0 fully saturated rings. The first-order chi connectivity index (χ1) is 8.19. The quantitative estimate of drug-likeness (QED) is 0.899. The van der Waals surface area contributed by atoms with E-state index in [2.05, 4.69) is 31.2 Å². The van der Waals surface area contributed by atoms with Crippen LogP contribution in [0.4, 0.5) is 0 Å². The van der Waals surface area contributed by atoms with Crippen molar-refractivity contribution in [3.8, 4) is 5.75 Å². The molecule has 90 valence electrons. The van der Waals surface area contributed by atoms with E-state index in [9.17, 15) is 5.11 Å². The minimum atomic E-state index is -0.452. The highest BCUT2D eigenvalue weighted by Crippen LogP contribution is 2.28. The molecule has 2 aromatic rings. The molecule has 3 heteroatoms. The van der Waals surface area contributed by atoms with Crippen LogP contribution in [0, 0.1) is 6.92 Å². The molecule has 1 atom stereocenters. The van der Waals surface area contributed by atoms with Crippen molar-refractivity contribution < 1.29 is 9.84 Å². The normalized spacial score (nSPS) is 12.4. The van der Waals surface area contributed by atoms with Gasteiger partial charge in [-0.25, -0.2) is 0 Å². The SMILES string of the molecule is COc1csc(C(O)Cc2ccc(C)cc2)c1. The standard InChI is InChI=1S/C14H16O2S/c1-10-3-5-11(6-4-10)7-13(15)14-8-12(16-2)9-17-14/h3-6,8-9,13,15H,7H2,1-2H3. The summed E-state index contributed by atoms with van der Waals surface area (Å²) < 4.78 is 5.11. The number of thiophene rings is 1. The summed E-state index contributed by atoms with van der Waals surface area (Å²) in [5.74, 6) is 0.813. The molecule has 17 heavy (non-hydrogen) atoms. The molecule has 0 amide bonds. The van der Waals surface area contributed by atoms with Gasteiger partial charge in [0.2, 0.25) is 0 Å². The zero-order chi connectivity index (χ0) is 12.3. The fourth-order valence-corrected chi connectivity index (χ4v) is 2.51. The maximum atomic E-state index is 10.1. The Kier molecular flexibility index (Phi) is 3.82. The topological polar surface area (TPSA) is 29.5 Å². The van der Waals surface area contributed by atoms with E-state index in [1.165, 1.54) is 16.9 Å². The zero-order valence-corrected chi connectivity index (χ0v) is 10.8. The van der Waals surface area contributed by atoms with Gasteiger partial charge in [-0.2, -0.15) is 0 Å². The second-order valence-corrected chi connectivity index (χ2v) is 5.04. The molecule has 1 N–H and O–H groups in total. The monoisotopic (exact) mass is 248 g/mol. The molecule has 0 saturated heterocycles. The highest BCUT2D eigenvalue weighted by Gasteiger charge is 2.11. The van der Waals surface area contributed by atoms with E-state index in [0.29, 0.717) is 6.42 Å². The lowest BCUT2D eigenvalue weighted by Crippen LogP contribution is -1.99. The Bertz CT molecular complexity index is 473. The molecule has 0 aliphatic heterocycles. The van der Waals surface area contributed by atoms with Crippen LogP contribution >= 0.6 is 11.3 Å². The van der Waals surface area contributed by atoms with Gasteiger partial charge in [-0.1, -0.05) is 29.8 Å². The summed E-state index contributed by atoms with van der Waals surface area (Å²) in [5.41, 5.74) is 2.39. The first-order valence-corrected chi connectivity index (χ1v) is 6.43. The molecular weight excluding hydrogens is 232 g/mol. The molecule has 0 spiro atoms. The first kappa shape index (κ1) is 12.1. The van der Waals surface area contributed by atoms with Crippen molar-refractivity contribution in [2.24, 2.45) is 0 Å². The van der Waals surface area contributed by atoms with E-state index in [0.717, 1.165) is 16.2 Å². The lowest BCUT2D eigenvalue weighted by Gasteiger charge is -2.08. The Morgan fingerprint density at radius 2 is 2.00 bits per heavy atom. The van der Waals surface area contributed by atoms with Crippen LogP contribution in [-0.4, -0.2) is 12.2 Å². The molecule has 1 aromatic heterocycles. The second kappa shape index (κ2) is 5.34. The van der Waals surface area contributed by atoms with Gasteiger partial charge >= 0.3 is 0 Å². The van der Waals surface area contributed by atoms with Gasteiger partial charge in [0, 0.05) is 16.7 Å². The minimum absolute atomic E-state index is 0.452. The number of aryl methyl sites for hydroxylation is 1. The van der Waals surface area contributed by atoms with Crippen molar-refractivity contribution >= 4 is 11.3 Å². The summed E-state index contributed by atoms with van der Waals surface area (Å²) in [6.07, 6.45) is 0.191. The summed E-state index contributed by atoms with van der Waals surface area (Å²) in [4.78, 5) is 0.947. The number of rotatable bonds is 4. The number of aliphatic hydroxyl groups excluding tert-OH is 1. The van der Waals surface area contributed by atoms with Crippen molar-refractivity contribution in [3.63, 3.8) is 0 Å². The van der Waals surface area contributed by atoms with Crippen LogP contribution in [0.15, 0.2) is 35.7 Å². The third kappa shape index (κ3) is 3.08. The van der Waals surface area contributed by atoms with E-state index in [1.807, 2.05) is 11.4 Å². The number of methoxy groups -OCH3 is 1. The van der Waals surface area contributed by atoms with Gasteiger partial charge in [-0.05, 0) is 18.6 Å². The molecule has 0 aliphatic carbocycles. The van der Waals surface area contributed by atoms with Gasteiger partial charge in [-0.3, -0.25) is 0 Å². The molecule has 2 rings (SSSR count). The van der Waals surface area contributed by atoms with E-state index in [4.69, 9.17) is 4.74 Å². The number of aliphatic hydroxyl groups is 1. The Balaban J connectivity index is 2.05. The van der Waals surface area contributed by atoms with Crippen LogP contribution in [-0.2, 0) is 6.42 Å². The van der Waals surface area contributed by atoms with Crippen LogP contribution in [0.3, 0.4) is 0 Å². The molecule has 2 nitrogen and oxygen atoms in total. The predicted molar refractivity (Wildman–Crippen MR) is 70.7 cm³/mol. The highest BCUT2D eigenvalue weighted by molar-refractivity contribution is 7.10. The molecule has 0 aliphatic rings. The number of hydrogen-bond donors (Lipinski definition) is 1. The molecular formula is C14H16O2S. The van der Waals surface area contributed by atoms with Gasteiger partial charge in [0.05, 0.1) is 13.2 Å². The smallest absolute Gasteiger partial charge is 0.129 e. The van der Waals surface area contributed by atoms with Gasteiger partial charge in [0.15, 0.2) is 0 Å². The minimum Gasteiger partial charge on any atom is -0.496 e. The Morgan fingerprint density at radius 1 is 1.29 bits per heavy atom. The van der Waals surface area contributed by atoms with Crippen LogP contribution < -0.4 is 4.74 Å². The van der Waals surface area contributed by atoms with Gasteiger partial charge in [-0.15, -0.1) is 11.3 Å². The van der Waals surface area contributed by atoms with E-state index in [-0.39, 0.29) is 0 Å². The van der Waals surface area contributed by atoms with Crippen molar-refractivity contribution in [2.45, 2.75) is 19.4 Å². The average Bonchev–Trinajstić information content (AvgIpc) is 2.81. The zero-order valence-electron chi connectivity index (χ0n) is 10.0. The van der Waals surface area contributed by atoms with Crippen LogP contribution in [0.1, 0.15) is 22.1 Å². The van der Waals surface area contributed by atoms with Crippen molar-refractivity contribution in [1.82, 2.24) is 0 Å².